The lowest BCUT2D eigenvalue weighted by Crippen LogP contribution is -2.38. The molecule has 0 atom stereocenters. The number of nitrogens with one attached hydrogen (secondary N) is 1. The van der Waals surface area contributed by atoms with Gasteiger partial charge in [0.25, 0.3) is 0 Å². The van der Waals surface area contributed by atoms with Gasteiger partial charge in [0.1, 0.15) is 23.9 Å². The minimum atomic E-state index is -4.21. The Labute approximate surface area is 167 Å². The lowest BCUT2D eigenvalue weighted by molar-refractivity contribution is -0.116. The fourth-order valence-corrected chi connectivity index (χ4v) is 4.28. The van der Waals surface area contributed by atoms with Crippen LogP contribution in [0.3, 0.4) is 0 Å². The third-order valence-electron chi connectivity index (χ3n) is 4.01. The predicted molar refractivity (Wildman–Crippen MR) is 102 cm³/mol. The Hall–Kier alpha value is -2.36. The van der Waals surface area contributed by atoms with Crippen molar-refractivity contribution in [3.8, 4) is 11.5 Å². The van der Waals surface area contributed by atoms with E-state index in [1.807, 2.05) is 0 Å². The van der Waals surface area contributed by atoms with E-state index in [4.69, 9.17) is 21.1 Å². The Morgan fingerprint density at radius 1 is 1.18 bits per heavy atom. The number of ether oxygens (including phenoxy) is 2. The summed E-state index contributed by atoms with van der Waals surface area (Å²) >= 11 is 5.67. The fraction of sp³-hybridized carbons (Fsp3) is 0.278. The first-order valence-corrected chi connectivity index (χ1v) is 10.3. The number of anilines is 1. The Balaban J connectivity index is 1.74. The first-order valence-electron chi connectivity index (χ1n) is 8.46. The topological polar surface area (TPSA) is 84.9 Å². The van der Waals surface area contributed by atoms with Gasteiger partial charge in [0, 0.05) is 23.3 Å². The zero-order valence-electron chi connectivity index (χ0n) is 14.9. The molecule has 1 heterocycles. The average Bonchev–Trinajstić information content (AvgIpc) is 2.65. The van der Waals surface area contributed by atoms with E-state index in [0.29, 0.717) is 30.4 Å². The number of carbonyl (C=O) groups is 1. The van der Waals surface area contributed by atoms with Gasteiger partial charge in [-0.1, -0.05) is 18.5 Å². The van der Waals surface area contributed by atoms with Crippen molar-refractivity contribution in [2.45, 2.75) is 11.8 Å². The van der Waals surface area contributed by atoms with Crippen LogP contribution in [0, 0.1) is 5.82 Å². The number of likely N-dealkylation sites (N-methyl/N-ethyl adjacent to an activating group) is 1. The van der Waals surface area contributed by atoms with Crippen LogP contribution < -0.4 is 14.8 Å². The molecule has 28 heavy (non-hydrogen) atoms. The number of hydrogen-bond acceptors (Lipinski definition) is 5. The maximum absolute atomic E-state index is 14.1. The summed E-state index contributed by atoms with van der Waals surface area (Å²) in [6.07, 6.45) is 0. The van der Waals surface area contributed by atoms with Crippen LogP contribution in [0.15, 0.2) is 41.3 Å². The van der Waals surface area contributed by atoms with Gasteiger partial charge in [-0.2, -0.15) is 4.31 Å². The van der Waals surface area contributed by atoms with Gasteiger partial charge in [0.2, 0.25) is 15.9 Å². The van der Waals surface area contributed by atoms with Crippen molar-refractivity contribution >= 4 is 33.2 Å². The maximum atomic E-state index is 14.1. The molecule has 1 aliphatic rings. The van der Waals surface area contributed by atoms with E-state index in [1.165, 1.54) is 6.07 Å². The molecule has 2 aromatic carbocycles. The quantitative estimate of drug-likeness (QED) is 0.764. The molecule has 0 spiro atoms. The van der Waals surface area contributed by atoms with Crippen LogP contribution >= 0.6 is 11.6 Å². The summed E-state index contributed by atoms with van der Waals surface area (Å²) in [7, 11) is -4.21. The van der Waals surface area contributed by atoms with Crippen LogP contribution in [-0.4, -0.2) is 44.9 Å². The van der Waals surface area contributed by atoms with E-state index >= 15 is 0 Å². The molecule has 0 saturated heterocycles. The van der Waals surface area contributed by atoms with Crippen LogP contribution in [0.2, 0.25) is 5.02 Å². The van der Waals surface area contributed by atoms with Crippen molar-refractivity contribution in [1.82, 2.24) is 4.31 Å². The molecule has 10 heteroatoms. The van der Waals surface area contributed by atoms with Crippen molar-refractivity contribution in [1.29, 1.82) is 0 Å². The van der Waals surface area contributed by atoms with Gasteiger partial charge in [-0.15, -0.1) is 0 Å². The molecule has 1 amide bonds. The SMILES string of the molecule is CCN(CC(=O)Nc1ccc2c(c1)OCCO2)S(=O)(=O)c1ccc(Cl)cc1F. The summed E-state index contributed by atoms with van der Waals surface area (Å²) in [5.74, 6) is -0.484. The van der Waals surface area contributed by atoms with Crippen molar-refractivity contribution < 1.29 is 27.1 Å². The molecule has 0 aliphatic carbocycles. The molecule has 0 fully saturated rings. The third kappa shape index (κ3) is 4.37. The molecule has 150 valence electrons. The van der Waals surface area contributed by atoms with Crippen molar-refractivity contribution in [2.24, 2.45) is 0 Å². The Bertz CT molecular complexity index is 999. The van der Waals surface area contributed by atoms with Gasteiger partial charge < -0.3 is 14.8 Å². The highest BCUT2D eigenvalue weighted by atomic mass is 35.5. The van der Waals surface area contributed by atoms with Crippen LogP contribution in [0.25, 0.3) is 0 Å². The lowest BCUT2D eigenvalue weighted by Gasteiger charge is -2.21. The van der Waals surface area contributed by atoms with E-state index in [9.17, 15) is 17.6 Å². The molecule has 0 aromatic heterocycles. The second-order valence-corrected chi connectivity index (χ2v) is 8.26. The van der Waals surface area contributed by atoms with Gasteiger partial charge >= 0.3 is 0 Å². The Kier molecular flexibility index (Phi) is 6.07. The summed E-state index contributed by atoms with van der Waals surface area (Å²) in [6.45, 7) is 1.92. The minimum absolute atomic E-state index is 0.0149. The highest BCUT2D eigenvalue weighted by molar-refractivity contribution is 7.89. The van der Waals surface area contributed by atoms with Gasteiger partial charge in [-0.25, -0.2) is 12.8 Å². The van der Waals surface area contributed by atoms with Crippen molar-refractivity contribution in [3.63, 3.8) is 0 Å². The molecular weight excluding hydrogens is 411 g/mol. The number of sulfonamides is 1. The first kappa shape index (κ1) is 20.4. The third-order valence-corrected chi connectivity index (χ3v) is 6.20. The number of halogens is 2. The number of fused-ring (bicyclic) bond motifs is 1. The monoisotopic (exact) mass is 428 g/mol. The predicted octanol–water partition coefficient (Wildman–Crippen LogP) is 2.90. The summed E-state index contributed by atoms with van der Waals surface area (Å²) in [5, 5.41) is 2.69. The molecule has 0 radical (unpaired) electrons. The normalized spacial score (nSPS) is 13.4. The van der Waals surface area contributed by atoms with Crippen molar-refractivity contribution in [2.75, 3.05) is 31.6 Å². The molecule has 1 N–H and O–H groups in total. The maximum Gasteiger partial charge on any atom is 0.246 e. The molecule has 3 rings (SSSR count). The largest absolute Gasteiger partial charge is 0.486 e. The van der Waals surface area contributed by atoms with Gasteiger partial charge in [-0.3, -0.25) is 4.79 Å². The van der Waals surface area contributed by atoms with E-state index < -0.39 is 33.2 Å². The van der Waals surface area contributed by atoms with Gasteiger partial charge in [0.05, 0.1) is 6.54 Å². The molecule has 7 nitrogen and oxygen atoms in total. The minimum Gasteiger partial charge on any atom is -0.486 e. The van der Waals surface area contributed by atoms with Crippen LogP contribution in [0.4, 0.5) is 10.1 Å². The Morgan fingerprint density at radius 2 is 1.89 bits per heavy atom. The number of amides is 1. The molecular formula is C18H18ClFN2O5S. The lowest BCUT2D eigenvalue weighted by atomic mass is 10.2. The van der Waals surface area contributed by atoms with Crippen LogP contribution in [0.5, 0.6) is 11.5 Å². The highest BCUT2D eigenvalue weighted by Gasteiger charge is 2.28. The van der Waals surface area contributed by atoms with Crippen molar-refractivity contribution in [3.05, 3.63) is 47.2 Å². The number of benzene rings is 2. The first-order chi connectivity index (χ1) is 13.3. The van der Waals surface area contributed by atoms with E-state index in [-0.39, 0.29) is 11.6 Å². The second kappa shape index (κ2) is 8.34. The van der Waals surface area contributed by atoms with Gasteiger partial charge in [0.15, 0.2) is 11.5 Å². The smallest absolute Gasteiger partial charge is 0.246 e. The summed E-state index contributed by atoms with van der Waals surface area (Å²) < 4.78 is 51.2. The molecule has 0 saturated carbocycles. The summed E-state index contributed by atoms with van der Waals surface area (Å²) in [6, 6.07) is 8.14. The van der Waals surface area contributed by atoms with Crippen LogP contribution in [0.1, 0.15) is 6.92 Å². The average molecular weight is 429 g/mol. The van der Waals surface area contributed by atoms with E-state index in [2.05, 4.69) is 5.32 Å². The second-order valence-electron chi connectivity index (χ2n) is 5.91. The van der Waals surface area contributed by atoms with E-state index in [1.54, 1.807) is 25.1 Å². The molecule has 2 aromatic rings. The molecule has 0 bridgehead atoms. The number of hydrogen-bond donors (Lipinski definition) is 1. The zero-order valence-corrected chi connectivity index (χ0v) is 16.5. The number of rotatable bonds is 6. The summed E-state index contributed by atoms with van der Waals surface area (Å²) in [4.78, 5) is 11.8. The van der Waals surface area contributed by atoms with E-state index in [0.717, 1.165) is 16.4 Å². The standard InChI is InChI=1S/C18H18ClFN2O5S/c1-2-22(28(24,25)17-6-3-12(19)9-14(17)20)11-18(23)21-13-4-5-15-16(10-13)27-8-7-26-15/h3-6,9-10H,2,7-8,11H2,1H3,(H,21,23). The highest BCUT2D eigenvalue weighted by Crippen LogP contribution is 2.32. The number of carbonyl (C=O) groups excluding carboxylic acids is 1. The molecule has 0 unspecified atom stereocenters. The number of nitrogens with zero attached hydrogens (tertiary/aromatic N) is 1. The fourth-order valence-electron chi connectivity index (χ4n) is 2.67. The Morgan fingerprint density at radius 3 is 2.57 bits per heavy atom. The summed E-state index contributed by atoms with van der Waals surface area (Å²) in [5.41, 5.74) is 0.431. The van der Waals surface area contributed by atoms with Crippen LogP contribution in [-0.2, 0) is 14.8 Å². The van der Waals surface area contributed by atoms with Gasteiger partial charge in [-0.05, 0) is 30.3 Å². The zero-order chi connectivity index (χ0) is 20.3. The molecule has 1 aliphatic heterocycles.